The van der Waals surface area contributed by atoms with Gasteiger partial charge in [-0.1, -0.05) is 25.7 Å². The van der Waals surface area contributed by atoms with E-state index in [0.717, 1.165) is 18.0 Å². The van der Waals surface area contributed by atoms with Crippen LogP contribution in [0.2, 0.25) is 0 Å². The molecule has 0 aromatic rings. The van der Waals surface area contributed by atoms with Crippen LogP contribution in [0.5, 0.6) is 0 Å². The molecular formula is C15H30N2. The molecule has 2 rings (SSSR count). The lowest BCUT2D eigenvalue weighted by atomic mass is 9.81. The molecule has 2 saturated carbocycles. The molecule has 17 heavy (non-hydrogen) atoms. The van der Waals surface area contributed by atoms with E-state index < -0.39 is 0 Å². The van der Waals surface area contributed by atoms with Crippen molar-refractivity contribution in [1.82, 2.24) is 10.6 Å². The van der Waals surface area contributed by atoms with E-state index in [1.165, 1.54) is 57.8 Å². The fraction of sp³-hybridized carbons (Fsp3) is 1.00. The van der Waals surface area contributed by atoms with Crippen molar-refractivity contribution in [1.29, 1.82) is 0 Å². The highest BCUT2D eigenvalue weighted by molar-refractivity contribution is 4.84. The lowest BCUT2D eigenvalue weighted by molar-refractivity contribution is 0.235. The Balaban J connectivity index is 1.73. The van der Waals surface area contributed by atoms with Crippen LogP contribution in [-0.2, 0) is 0 Å². The van der Waals surface area contributed by atoms with Gasteiger partial charge in [0.25, 0.3) is 0 Å². The molecule has 0 heterocycles. The third-order valence-corrected chi connectivity index (χ3v) is 4.81. The molecule has 3 atom stereocenters. The van der Waals surface area contributed by atoms with Gasteiger partial charge in [0.1, 0.15) is 0 Å². The van der Waals surface area contributed by atoms with E-state index in [0.29, 0.717) is 6.04 Å². The quantitative estimate of drug-likeness (QED) is 0.769. The van der Waals surface area contributed by atoms with Crippen molar-refractivity contribution in [3.05, 3.63) is 0 Å². The van der Waals surface area contributed by atoms with Crippen molar-refractivity contribution in [3.8, 4) is 0 Å². The first-order valence-electron chi connectivity index (χ1n) is 7.73. The summed E-state index contributed by atoms with van der Waals surface area (Å²) in [5.41, 5.74) is 0. The summed E-state index contributed by atoms with van der Waals surface area (Å²) in [6.45, 7) is 2.39. The molecule has 0 aliphatic heterocycles. The van der Waals surface area contributed by atoms with E-state index in [1.54, 1.807) is 0 Å². The van der Waals surface area contributed by atoms with Gasteiger partial charge in [-0.3, -0.25) is 0 Å². The lowest BCUT2D eigenvalue weighted by Gasteiger charge is -2.34. The van der Waals surface area contributed by atoms with Crippen LogP contribution in [0.4, 0.5) is 0 Å². The summed E-state index contributed by atoms with van der Waals surface area (Å²) < 4.78 is 0. The van der Waals surface area contributed by atoms with Crippen LogP contribution < -0.4 is 10.6 Å². The second-order valence-electron chi connectivity index (χ2n) is 6.22. The zero-order valence-corrected chi connectivity index (χ0v) is 11.7. The van der Waals surface area contributed by atoms with Crippen molar-refractivity contribution in [2.75, 3.05) is 7.05 Å². The van der Waals surface area contributed by atoms with Gasteiger partial charge in [0.05, 0.1) is 0 Å². The summed E-state index contributed by atoms with van der Waals surface area (Å²) in [5, 5.41) is 7.37. The van der Waals surface area contributed by atoms with Gasteiger partial charge in [0.15, 0.2) is 0 Å². The maximum absolute atomic E-state index is 3.84. The van der Waals surface area contributed by atoms with E-state index in [-0.39, 0.29) is 0 Å². The van der Waals surface area contributed by atoms with Crippen molar-refractivity contribution in [3.63, 3.8) is 0 Å². The van der Waals surface area contributed by atoms with E-state index >= 15 is 0 Å². The Morgan fingerprint density at radius 3 is 2.35 bits per heavy atom. The van der Waals surface area contributed by atoms with Gasteiger partial charge >= 0.3 is 0 Å². The number of rotatable bonds is 5. The van der Waals surface area contributed by atoms with Crippen LogP contribution in [0, 0.1) is 5.92 Å². The first-order valence-corrected chi connectivity index (χ1v) is 7.73. The smallest absolute Gasteiger partial charge is 0.00929 e. The summed E-state index contributed by atoms with van der Waals surface area (Å²) in [6.07, 6.45) is 12.7. The minimum atomic E-state index is 0.706. The maximum Gasteiger partial charge on any atom is 0.00929 e. The van der Waals surface area contributed by atoms with Gasteiger partial charge in [-0.05, 0) is 52.0 Å². The molecule has 0 amide bonds. The second kappa shape index (κ2) is 6.75. The van der Waals surface area contributed by atoms with E-state index in [2.05, 4.69) is 24.6 Å². The summed E-state index contributed by atoms with van der Waals surface area (Å²) >= 11 is 0. The maximum atomic E-state index is 3.84. The Bertz CT molecular complexity index is 211. The zero-order chi connectivity index (χ0) is 12.1. The SMILES string of the molecule is CNC1CCCCC1CC(C)NC1CCCC1. The zero-order valence-electron chi connectivity index (χ0n) is 11.7. The number of hydrogen-bond acceptors (Lipinski definition) is 2. The Morgan fingerprint density at radius 1 is 1.00 bits per heavy atom. The molecule has 0 radical (unpaired) electrons. The highest BCUT2D eigenvalue weighted by atomic mass is 15.0. The van der Waals surface area contributed by atoms with Crippen LogP contribution in [0.3, 0.4) is 0 Å². The van der Waals surface area contributed by atoms with Gasteiger partial charge in [-0.25, -0.2) is 0 Å². The third-order valence-electron chi connectivity index (χ3n) is 4.81. The molecule has 2 aliphatic carbocycles. The first-order chi connectivity index (χ1) is 8.29. The van der Waals surface area contributed by atoms with E-state index in [4.69, 9.17) is 0 Å². The largest absolute Gasteiger partial charge is 0.317 e. The molecule has 3 unspecified atom stereocenters. The highest BCUT2D eigenvalue weighted by Gasteiger charge is 2.26. The predicted molar refractivity (Wildman–Crippen MR) is 74.3 cm³/mol. The fourth-order valence-corrected chi connectivity index (χ4v) is 3.89. The molecule has 0 saturated heterocycles. The van der Waals surface area contributed by atoms with Crippen LogP contribution in [0.1, 0.15) is 64.7 Å². The molecule has 2 N–H and O–H groups in total. The molecule has 0 spiro atoms. The number of nitrogens with one attached hydrogen (secondary N) is 2. The normalized spacial score (nSPS) is 32.8. The molecule has 0 aromatic heterocycles. The predicted octanol–water partition coefficient (Wildman–Crippen LogP) is 3.08. The van der Waals surface area contributed by atoms with Crippen molar-refractivity contribution in [2.45, 2.75) is 82.8 Å². The average Bonchev–Trinajstić information content (AvgIpc) is 2.82. The van der Waals surface area contributed by atoms with Gasteiger partial charge in [-0.2, -0.15) is 0 Å². The van der Waals surface area contributed by atoms with Gasteiger partial charge in [0, 0.05) is 18.1 Å². The molecule has 0 aromatic carbocycles. The Labute approximate surface area is 107 Å². The minimum Gasteiger partial charge on any atom is -0.317 e. The van der Waals surface area contributed by atoms with Crippen molar-refractivity contribution in [2.24, 2.45) is 5.92 Å². The molecular weight excluding hydrogens is 208 g/mol. The Hall–Kier alpha value is -0.0800. The van der Waals surface area contributed by atoms with Crippen molar-refractivity contribution >= 4 is 0 Å². The summed E-state index contributed by atoms with van der Waals surface area (Å²) in [6, 6.07) is 2.30. The monoisotopic (exact) mass is 238 g/mol. The summed E-state index contributed by atoms with van der Waals surface area (Å²) in [7, 11) is 2.14. The van der Waals surface area contributed by atoms with E-state index in [9.17, 15) is 0 Å². The van der Waals surface area contributed by atoms with Gasteiger partial charge in [-0.15, -0.1) is 0 Å². The summed E-state index contributed by atoms with van der Waals surface area (Å²) in [4.78, 5) is 0. The van der Waals surface area contributed by atoms with Crippen LogP contribution >= 0.6 is 0 Å². The molecule has 2 nitrogen and oxygen atoms in total. The van der Waals surface area contributed by atoms with E-state index in [1.807, 2.05) is 0 Å². The van der Waals surface area contributed by atoms with Gasteiger partial charge in [0.2, 0.25) is 0 Å². The van der Waals surface area contributed by atoms with Crippen molar-refractivity contribution < 1.29 is 0 Å². The highest BCUT2D eigenvalue weighted by Crippen LogP contribution is 2.28. The third kappa shape index (κ3) is 3.96. The number of hydrogen-bond donors (Lipinski definition) is 2. The topological polar surface area (TPSA) is 24.1 Å². The van der Waals surface area contributed by atoms with Crippen LogP contribution in [-0.4, -0.2) is 25.2 Å². The fourth-order valence-electron chi connectivity index (χ4n) is 3.89. The van der Waals surface area contributed by atoms with Crippen LogP contribution in [0.25, 0.3) is 0 Å². The van der Waals surface area contributed by atoms with Crippen LogP contribution in [0.15, 0.2) is 0 Å². The molecule has 2 fully saturated rings. The first kappa shape index (κ1) is 13.4. The molecule has 2 heteroatoms. The van der Waals surface area contributed by atoms with Gasteiger partial charge < -0.3 is 10.6 Å². The standard InChI is InChI=1S/C15H30N2/c1-12(17-14-8-4-5-9-14)11-13-7-3-6-10-15(13)16-2/h12-17H,3-11H2,1-2H3. The molecule has 0 bridgehead atoms. The molecule has 100 valence electrons. The summed E-state index contributed by atoms with van der Waals surface area (Å²) in [5.74, 6) is 0.901. The minimum absolute atomic E-state index is 0.706. The lowest BCUT2D eigenvalue weighted by Crippen LogP contribution is -2.42. The second-order valence-corrected chi connectivity index (χ2v) is 6.22. The Kier molecular flexibility index (Phi) is 5.30. The Morgan fingerprint density at radius 2 is 1.65 bits per heavy atom. The average molecular weight is 238 g/mol. The molecule has 2 aliphatic rings.